The molecule has 0 fully saturated rings. The van der Waals surface area contributed by atoms with Crippen molar-refractivity contribution >= 4 is 40.6 Å². The van der Waals surface area contributed by atoms with E-state index in [4.69, 9.17) is 11.6 Å². The second-order valence-corrected chi connectivity index (χ2v) is 8.01. The molecule has 1 heterocycles. The van der Waals surface area contributed by atoms with Gasteiger partial charge in [0.1, 0.15) is 0 Å². The molecule has 0 bridgehead atoms. The summed E-state index contributed by atoms with van der Waals surface area (Å²) >= 11 is 7.22. The molecule has 0 aliphatic carbocycles. The van der Waals surface area contributed by atoms with Gasteiger partial charge in [-0.25, -0.2) is 0 Å². The van der Waals surface area contributed by atoms with Gasteiger partial charge in [-0.15, -0.1) is 16.8 Å². The number of anilines is 1. The van der Waals surface area contributed by atoms with Gasteiger partial charge in [0.25, 0.3) is 5.69 Å². The number of thioether (sulfide) groups is 1. The number of aromatic nitrogens is 3. The minimum atomic E-state index is -0.491. The molecule has 3 aromatic rings. The number of amides is 1. The van der Waals surface area contributed by atoms with Crippen LogP contribution in [0.25, 0.3) is 11.4 Å². The summed E-state index contributed by atoms with van der Waals surface area (Å²) in [6, 6.07) is 12.9. The third kappa shape index (κ3) is 5.05. The van der Waals surface area contributed by atoms with Crippen LogP contribution in [0.4, 0.5) is 11.4 Å². The lowest BCUT2D eigenvalue weighted by Gasteiger charge is -2.13. The number of carbonyl (C=O) groups excluding carboxylic acids is 1. The quantitative estimate of drug-likeness (QED) is 0.232. The van der Waals surface area contributed by atoms with E-state index in [1.807, 2.05) is 16.7 Å². The first-order valence-corrected chi connectivity index (χ1v) is 10.2. The molecule has 2 aromatic carbocycles. The Labute approximate surface area is 182 Å². The summed E-state index contributed by atoms with van der Waals surface area (Å²) in [6.07, 6.45) is 1.73. The van der Waals surface area contributed by atoms with Crippen molar-refractivity contribution in [3.63, 3.8) is 0 Å². The Balaban J connectivity index is 1.74. The fraction of sp³-hybridized carbons (Fsp3) is 0.150. The maximum absolute atomic E-state index is 12.6. The van der Waals surface area contributed by atoms with Gasteiger partial charge in [-0.1, -0.05) is 29.4 Å². The van der Waals surface area contributed by atoms with Gasteiger partial charge in [0.15, 0.2) is 11.0 Å². The number of nitrogens with one attached hydrogen (secondary N) is 1. The van der Waals surface area contributed by atoms with E-state index in [2.05, 4.69) is 22.1 Å². The molecule has 1 N–H and O–H groups in total. The van der Waals surface area contributed by atoms with Crippen LogP contribution in [-0.2, 0) is 11.3 Å². The zero-order valence-corrected chi connectivity index (χ0v) is 17.6. The van der Waals surface area contributed by atoms with E-state index in [-0.39, 0.29) is 11.6 Å². The van der Waals surface area contributed by atoms with Crippen molar-refractivity contribution in [2.24, 2.45) is 0 Å². The number of nitrogens with zero attached hydrogens (tertiary/aromatic N) is 4. The Morgan fingerprint density at radius 2 is 1.93 bits per heavy atom. The van der Waals surface area contributed by atoms with Crippen LogP contribution in [0.5, 0.6) is 0 Å². The molecule has 154 valence electrons. The van der Waals surface area contributed by atoms with Crippen molar-refractivity contribution in [1.82, 2.24) is 14.8 Å². The number of nitro groups is 1. The summed E-state index contributed by atoms with van der Waals surface area (Å²) in [5, 5.41) is 22.7. The van der Waals surface area contributed by atoms with Gasteiger partial charge in [0.05, 0.1) is 10.2 Å². The first kappa shape index (κ1) is 21.5. The molecule has 0 aliphatic heterocycles. The number of hydrogen-bond donors (Lipinski definition) is 1. The minimum absolute atomic E-state index is 0.0392. The Hall–Kier alpha value is -3.17. The van der Waals surface area contributed by atoms with Gasteiger partial charge in [0, 0.05) is 35.0 Å². The maximum Gasteiger partial charge on any atom is 0.269 e. The molecule has 30 heavy (non-hydrogen) atoms. The number of rotatable bonds is 8. The van der Waals surface area contributed by atoms with E-state index >= 15 is 0 Å². The highest BCUT2D eigenvalue weighted by atomic mass is 35.5. The number of hydrogen-bond acceptors (Lipinski definition) is 6. The fourth-order valence-electron chi connectivity index (χ4n) is 2.60. The molecule has 8 nitrogen and oxygen atoms in total. The molecule has 0 spiro atoms. The summed E-state index contributed by atoms with van der Waals surface area (Å²) in [5.41, 5.74) is 1.29. The summed E-state index contributed by atoms with van der Waals surface area (Å²) in [6.45, 7) is 6.01. The van der Waals surface area contributed by atoms with Crippen molar-refractivity contribution in [3.05, 3.63) is 76.3 Å². The molecule has 3 rings (SSSR count). The van der Waals surface area contributed by atoms with E-state index < -0.39 is 10.2 Å². The number of non-ortho nitro benzene ring substituents is 1. The van der Waals surface area contributed by atoms with Crippen molar-refractivity contribution in [2.45, 2.75) is 23.9 Å². The summed E-state index contributed by atoms with van der Waals surface area (Å²) < 4.78 is 1.87. The average Bonchev–Trinajstić information content (AvgIpc) is 3.11. The molecule has 1 atom stereocenters. The number of nitro benzene ring substituents is 1. The highest BCUT2D eigenvalue weighted by Crippen LogP contribution is 2.28. The molecular formula is C20H18ClN5O3S. The van der Waals surface area contributed by atoms with Crippen LogP contribution in [0.2, 0.25) is 5.02 Å². The molecular weight excluding hydrogens is 426 g/mol. The fourth-order valence-corrected chi connectivity index (χ4v) is 3.59. The standard InChI is InChI=1S/C20H18ClN5O3S/c1-3-12-25-18(14-4-6-15(21)7-5-14)23-24-20(25)30-13(2)19(27)22-16-8-10-17(11-9-16)26(28)29/h3-11,13H,1,12H2,2H3,(H,22,27). The van der Waals surface area contributed by atoms with Crippen LogP contribution < -0.4 is 5.32 Å². The number of carbonyl (C=O) groups is 1. The number of halogens is 1. The second kappa shape index (κ2) is 9.55. The zero-order chi connectivity index (χ0) is 21.7. The summed E-state index contributed by atoms with van der Waals surface area (Å²) in [4.78, 5) is 22.8. The van der Waals surface area contributed by atoms with Crippen molar-refractivity contribution < 1.29 is 9.72 Å². The second-order valence-electron chi connectivity index (χ2n) is 6.27. The van der Waals surface area contributed by atoms with Crippen LogP contribution in [0.3, 0.4) is 0 Å². The molecule has 0 saturated heterocycles. The van der Waals surface area contributed by atoms with E-state index in [0.29, 0.717) is 28.2 Å². The smallest absolute Gasteiger partial charge is 0.269 e. The van der Waals surface area contributed by atoms with E-state index in [1.165, 1.54) is 36.0 Å². The van der Waals surface area contributed by atoms with Crippen LogP contribution in [0.1, 0.15) is 6.92 Å². The molecule has 10 heteroatoms. The minimum Gasteiger partial charge on any atom is -0.325 e. The van der Waals surface area contributed by atoms with Gasteiger partial charge in [-0.05, 0) is 43.3 Å². The highest BCUT2D eigenvalue weighted by molar-refractivity contribution is 8.00. The normalized spacial score (nSPS) is 11.7. The van der Waals surface area contributed by atoms with Crippen LogP contribution in [-0.4, -0.2) is 30.8 Å². The largest absolute Gasteiger partial charge is 0.325 e. The van der Waals surface area contributed by atoms with Gasteiger partial charge in [-0.2, -0.15) is 0 Å². The summed E-state index contributed by atoms with van der Waals surface area (Å²) in [7, 11) is 0. The first-order chi connectivity index (χ1) is 14.4. The van der Waals surface area contributed by atoms with Crippen molar-refractivity contribution in [3.8, 4) is 11.4 Å². The Kier molecular flexibility index (Phi) is 6.86. The van der Waals surface area contributed by atoms with Gasteiger partial charge in [0.2, 0.25) is 5.91 Å². The SMILES string of the molecule is C=CCn1c(SC(C)C(=O)Nc2ccc([N+](=O)[O-])cc2)nnc1-c1ccc(Cl)cc1. The topological polar surface area (TPSA) is 103 Å². The van der Waals surface area contributed by atoms with Gasteiger partial charge >= 0.3 is 0 Å². The van der Waals surface area contributed by atoms with Crippen LogP contribution in [0.15, 0.2) is 66.3 Å². The molecule has 0 radical (unpaired) electrons. The van der Waals surface area contributed by atoms with Crippen LogP contribution in [0, 0.1) is 10.1 Å². The lowest BCUT2D eigenvalue weighted by Crippen LogP contribution is -2.23. The van der Waals surface area contributed by atoms with E-state index in [0.717, 1.165) is 5.56 Å². The Morgan fingerprint density at radius 1 is 1.27 bits per heavy atom. The van der Waals surface area contributed by atoms with E-state index in [1.54, 1.807) is 25.1 Å². The summed E-state index contributed by atoms with van der Waals surface area (Å²) in [5.74, 6) is 0.395. The third-order valence-corrected chi connectivity index (χ3v) is 5.46. The van der Waals surface area contributed by atoms with Crippen molar-refractivity contribution in [2.75, 3.05) is 5.32 Å². The highest BCUT2D eigenvalue weighted by Gasteiger charge is 2.21. The predicted molar refractivity (Wildman–Crippen MR) is 118 cm³/mol. The molecule has 1 unspecified atom stereocenters. The van der Waals surface area contributed by atoms with Crippen LogP contribution >= 0.6 is 23.4 Å². The van der Waals surface area contributed by atoms with Gasteiger partial charge in [-0.3, -0.25) is 19.5 Å². The third-order valence-electron chi connectivity index (χ3n) is 4.13. The Morgan fingerprint density at radius 3 is 2.53 bits per heavy atom. The lowest BCUT2D eigenvalue weighted by atomic mass is 10.2. The monoisotopic (exact) mass is 443 g/mol. The molecule has 1 amide bonds. The molecule has 0 aliphatic rings. The number of allylic oxidation sites excluding steroid dienone is 1. The average molecular weight is 444 g/mol. The Bertz CT molecular complexity index is 1070. The first-order valence-electron chi connectivity index (χ1n) is 8.91. The molecule has 0 saturated carbocycles. The maximum atomic E-state index is 12.6. The zero-order valence-electron chi connectivity index (χ0n) is 16.0. The lowest BCUT2D eigenvalue weighted by molar-refractivity contribution is -0.384. The van der Waals surface area contributed by atoms with Gasteiger partial charge < -0.3 is 5.32 Å². The number of benzene rings is 2. The predicted octanol–water partition coefficient (Wildman–Crippen LogP) is 4.81. The molecule has 1 aromatic heterocycles. The van der Waals surface area contributed by atoms with Crippen molar-refractivity contribution in [1.29, 1.82) is 0 Å². The van der Waals surface area contributed by atoms with E-state index in [9.17, 15) is 14.9 Å².